The summed E-state index contributed by atoms with van der Waals surface area (Å²) in [5.41, 5.74) is 0.891. The molecule has 2 aliphatic heterocycles. The van der Waals surface area contributed by atoms with Gasteiger partial charge in [0.05, 0.1) is 44.7 Å². The molecule has 0 spiro atoms. The van der Waals surface area contributed by atoms with Crippen LogP contribution in [-0.2, 0) is 19.0 Å². The van der Waals surface area contributed by atoms with Gasteiger partial charge in [0.2, 0.25) is 0 Å². The quantitative estimate of drug-likeness (QED) is 0.772. The minimum Gasteiger partial charge on any atom is -0.469 e. The maximum absolute atomic E-state index is 14.4. The Kier molecular flexibility index (Phi) is 6.19. The van der Waals surface area contributed by atoms with Crippen LogP contribution in [0.2, 0.25) is 0 Å². The Morgan fingerprint density at radius 2 is 2.08 bits per heavy atom. The maximum atomic E-state index is 14.4. The molecule has 1 aromatic carbocycles. The van der Waals surface area contributed by atoms with Gasteiger partial charge in [-0.15, -0.1) is 0 Å². The number of halogens is 1. The number of anilines is 2. The highest BCUT2D eigenvalue weighted by Crippen LogP contribution is 2.28. The zero-order valence-corrected chi connectivity index (χ0v) is 13.4. The second-order valence-corrected chi connectivity index (χ2v) is 5.63. The first kappa shape index (κ1) is 19.0. The van der Waals surface area contributed by atoms with Gasteiger partial charge in [0, 0.05) is 13.1 Å². The van der Waals surface area contributed by atoms with E-state index >= 15 is 0 Å². The summed E-state index contributed by atoms with van der Waals surface area (Å²) in [5.74, 6) is -0.859. The zero-order valence-electron chi connectivity index (χ0n) is 13.4. The summed E-state index contributed by atoms with van der Waals surface area (Å²) in [5, 5.41) is 0. The van der Waals surface area contributed by atoms with E-state index in [9.17, 15) is 14.0 Å². The number of esters is 1. The standard InChI is InChI=1S/C16H19FN2O5.CH4/c1-22-15(20)9-12-10-19(16(21)24-12)11-2-3-14(13(17)8-11)18-4-6-23-7-5-18;/h2-3,8,12H,4-7,9-10H2,1H3;1H4. The molecule has 1 unspecified atom stereocenters. The Morgan fingerprint density at radius 3 is 2.72 bits per heavy atom. The molecule has 2 fully saturated rings. The Bertz CT molecular complexity index is 633. The summed E-state index contributed by atoms with van der Waals surface area (Å²) in [4.78, 5) is 26.5. The van der Waals surface area contributed by atoms with Crippen LogP contribution in [0, 0.1) is 5.82 Å². The molecule has 1 aromatic rings. The van der Waals surface area contributed by atoms with Crippen molar-refractivity contribution in [2.45, 2.75) is 20.0 Å². The van der Waals surface area contributed by atoms with Crippen LogP contribution in [0.25, 0.3) is 0 Å². The predicted octanol–water partition coefficient (Wildman–Crippen LogP) is 2.19. The van der Waals surface area contributed by atoms with E-state index in [4.69, 9.17) is 9.47 Å². The first-order chi connectivity index (χ1) is 11.6. The van der Waals surface area contributed by atoms with Gasteiger partial charge in [-0.2, -0.15) is 0 Å². The van der Waals surface area contributed by atoms with Crippen molar-refractivity contribution in [3.05, 3.63) is 24.0 Å². The van der Waals surface area contributed by atoms with E-state index in [1.165, 1.54) is 18.1 Å². The third kappa shape index (κ3) is 4.19. The number of carbonyl (C=O) groups is 2. The fraction of sp³-hybridized carbons (Fsp3) is 0.529. The molecule has 25 heavy (non-hydrogen) atoms. The highest BCUT2D eigenvalue weighted by Gasteiger charge is 2.34. The van der Waals surface area contributed by atoms with E-state index in [2.05, 4.69) is 4.74 Å². The molecule has 7 nitrogen and oxygen atoms in total. The first-order valence-electron chi connectivity index (χ1n) is 7.75. The number of nitrogens with zero attached hydrogens (tertiary/aromatic N) is 2. The van der Waals surface area contributed by atoms with E-state index in [1.54, 1.807) is 12.1 Å². The SMILES string of the molecule is C.COC(=O)CC1CN(c2ccc(N3CCOCC3)c(F)c2)C(=O)O1. The van der Waals surface area contributed by atoms with Gasteiger partial charge in [0.25, 0.3) is 0 Å². The summed E-state index contributed by atoms with van der Waals surface area (Å²) < 4.78 is 29.4. The van der Waals surface area contributed by atoms with Gasteiger partial charge < -0.3 is 19.1 Å². The van der Waals surface area contributed by atoms with Crippen LogP contribution < -0.4 is 9.80 Å². The zero-order chi connectivity index (χ0) is 17.1. The summed E-state index contributed by atoms with van der Waals surface area (Å²) >= 11 is 0. The topological polar surface area (TPSA) is 68.3 Å². The van der Waals surface area contributed by atoms with Gasteiger partial charge in [0.1, 0.15) is 11.9 Å². The lowest BCUT2D eigenvalue weighted by Gasteiger charge is -2.29. The molecule has 138 valence electrons. The van der Waals surface area contributed by atoms with Gasteiger partial charge in [-0.1, -0.05) is 7.43 Å². The highest BCUT2D eigenvalue weighted by atomic mass is 19.1. The molecule has 0 radical (unpaired) electrons. The fourth-order valence-electron chi connectivity index (χ4n) is 2.83. The molecule has 2 heterocycles. The second-order valence-electron chi connectivity index (χ2n) is 5.63. The summed E-state index contributed by atoms with van der Waals surface area (Å²) in [7, 11) is 1.27. The van der Waals surface area contributed by atoms with E-state index in [0.29, 0.717) is 37.7 Å². The summed E-state index contributed by atoms with van der Waals surface area (Å²) in [6, 6.07) is 4.64. The number of benzene rings is 1. The van der Waals surface area contributed by atoms with Crippen LogP contribution in [0.5, 0.6) is 0 Å². The highest BCUT2D eigenvalue weighted by molar-refractivity contribution is 5.90. The van der Waals surface area contributed by atoms with E-state index in [-0.39, 0.29) is 20.4 Å². The third-order valence-corrected chi connectivity index (χ3v) is 4.09. The van der Waals surface area contributed by atoms with Crippen LogP contribution in [0.3, 0.4) is 0 Å². The minimum absolute atomic E-state index is 0. The molecule has 0 aliphatic carbocycles. The fourth-order valence-corrected chi connectivity index (χ4v) is 2.83. The van der Waals surface area contributed by atoms with Crippen molar-refractivity contribution in [2.75, 3.05) is 49.8 Å². The number of cyclic esters (lactones) is 1. The van der Waals surface area contributed by atoms with Crippen LogP contribution in [0.1, 0.15) is 13.8 Å². The number of methoxy groups -OCH3 is 1. The maximum Gasteiger partial charge on any atom is 0.414 e. The molecule has 0 aromatic heterocycles. The van der Waals surface area contributed by atoms with Gasteiger partial charge in [-0.3, -0.25) is 9.69 Å². The molecule has 1 atom stereocenters. The lowest BCUT2D eigenvalue weighted by molar-refractivity contribution is -0.142. The number of ether oxygens (including phenoxy) is 3. The Hall–Kier alpha value is -2.35. The lowest BCUT2D eigenvalue weighted by atomic mass is 10.2. The van der Waals surface area contributed by atoms with Gasteiger partial charge in [-0.25, -0.2) is 9.18 Å². The average Bonchev–Trinajstić information content (AvgIpc) is 2.95. The van der Waals surface area contributed by atoms with Crippen molar-refractivity contribution >= 4 is 23.4 Å². The number of hydrogen-bond donors (Lipinski definition) is 0. The van der Waals surface area contributed by atoms with Crippen molar-refractivity contribution in [3.8, 4) is 0 Å². The van der Waals surface area contributed by atoms with Gasteiger partial charge in [-0.05, 0) is 18.2 Å². The van der Waals surface area contributed by atoms with Crippen molar-refractivity contribution in [3.63, 3.8) is 0 Å². The Morgan fingerprint density at radius 1 is 1.36 bits per heavy atom. The third-order valence-electron chi connectivity index (χ3n) is 4.09. The molecule has 2 aliphatic rings. The summed E-state index contributed by atoms with van der Waals surface area (Å²) in [6.45, 7) is 2.57. The van der Waals surface area contributed by atoms with Crippen molar-refractivity contribution in [1.29, 1.82) is 0 Å². The lowest BCUT2D eigenvalue weighted by Crippen LogP contribution is -2.36. The number of hydrogen-bond acceptors (Lipinski definition) is 6. The predicted molar refractivity (Wildman–Crippen MR) is 90.4 cm³/mol. The van der Waals surface area contributed by atoms with Gasteiger partial charge >= 0.3 is 12.1 Å². The molecule has 0 saturated carbocycles. The molecule has 0 N–H and O–H groups in total. The Labute approximate surface area is 146 Å². The van der Waals surface area contributed by atoms with Crippen LogP contribution >= 0.6 is 0 Å². The number of morpholine rings is 1. The molecule has 3 rings (SSSR count). The van der Waals surface area contributed by atoms with E-state index in [0.717, 1.165) is 0 Å². The number of carbonyl (C=O) groups excluding carboxylic acids is 2. The first-order valence-corrected chi connectivity index (χ1v) is 7.75. The smallest absolute Gasteiger partial charge is 0.414 e. The molecular formula is C17H23FN2O5. The van der Waals surface area contributed by atoms with Crippen molar-refractivity contribution in [1.82, 2.24) is 0 Å². The van der Waals surface area contributed by atoms with Crippen LogP contribution in [0.15, 0.2) is 18.2 Å². The normalized spacial score (nSPS) is 20.1. The number of amides is 1. The second kappa shape index (κ2) is 8.15. The summed E-state index contributed by atoms with van der Waals surface area (Å²) in [6.07, 6.45) is -1.21. The minimum atomic E-state index is -0.595. The molecule has 1 amide bonds. The molecular weight excluding hydrogens is 331 g/mol. The molecule has 8 heteroatoms. The largest absolute Gasteiger partial charge is 0.469 e. The van der Waals surface area contributed by atoms with E-state index < -0.39 is 24.0 Å². The monoisotopic (exact) mass is 354 g/mol. The molecule has 2 saturated heterocycles. The van der Waals surface area contributed by atoms with Crippen molar-refractivity contribution < 1.29 is 28.2 Å². The molecule has 0 bridgehead atoms. The van der Waals surface area contributed by atoms with E-state index in [1.807, 2.05) is 4.90 Å². The average molecular weight is 354 g/mol. The van der Waals surface area contributed by atoms with Gasteiger partial charge in [0.15, 0.2) is 0 Å². The van der Waals surface area contributed by atoms with Crippen LogP contribution in [0.4, 0.5) is 20.6 Å². The van der Waals surface area contributed by atoms with Crippen LogP contribution in [-0.4, -0.2) is 58.1 Å². The van der Waals surface area contributed by atoms with Crippen molar-refractivity contribution in [2.24, 2.45) is 0 Å². The Balaban J connectivity index is 0.00000225. The number of rotatable bonds is 4.